The molecule has 1 aliphatic heterocycles. The Morgan fingerprint density at radius 3 is 2.30 bits per heavy atom. The molecule has 2 aliphatic carbocycles. The van der Waals surface area contributed by atoms with Crippen molar-refractivity contribution in [2.24, 2.45) is 11.7 Å². The minimum absolute atomic E-state index is 0.0173. The average Bonchev–Trinajstić information content (AvgIpc) is 3.30. The predicted molar refractivity (Wildman–Crippen MR) is 237 cm³/mol. The normalized spacial score (nSPS) is 22.8. The van der Waals surface area contributed by atoms with Crippen molar-refractivity contribution < 1.29 is 73.8 Å². The molecular formula is C46H54BN5O15. The summed E-state index contributed by atoms with van der Waals surface area (Å²) in [5, 5.41) is 78.1. The number of methoxy groups -OCH3 is 1. The SMILES string of the molecule is CC(C)C[C@H](NC(=O)[C@H](Cc1ccccc1)NC(=O)c1cnccn1)B(O)O.COc1cccc2c1C(=O)c1c(O)c3c(c(O)c1C2=O)C[C@@](O)(C(=O)CO)C[C@@H]3O[C@H]1C[C@H](N)[C@H](O)[C@H](C)O1. The van der Waals surface area contributed by atoms with E-state index in [9.17, 15) is 59.6 Å². The second kappa shape index (κ2) is 21.2. The van der Waals surface area contributed by atoms with Crippen LogP contribution < -0.4 is 21.1 Å². The molecule has 8 atom stereocenters. The van der Waals surface area contributed by atoms with Crippen LogP contribution in [0.15, 0.2) is 67.1 Å². The quantitative estimate of drug-likeness (QED) is 0.0531. The molecule has 3 aliphatic rings. The average molecular weight is 928 g/mol. The number of hydrogen-bond acceptors (Lipinski definition) is 18. The zero-order chi connectivity index (χ0) is 48.9. The number of rotatable bonds is 14. The van der Waals surface area contributed by atoms with E-state index in [2.05, 4.69) is 20.6 Å². The largest absolute Gasteiger partial charge is 0.507 e. The lowest BCUT2D eigenvalue weighted by molar-refractivity contribution is -0.247. The summed E-state index contributed by atoms with van der Waals surface area (Å²) in [5.74, 6) is -5.50. The fraction of sp³-hybridized carbons (Fsp3) is 0.413. The third kappa shape index (κ3) is 10.8. The van der Waals surface area contributed by atoms with E-state index in [4.69, 9.17) is 19.9 Å². The van der Waals surface area contributed by atoms with E-state index in [0.29, 0.717) is 6.42 Å². The summed E-state index contributed by atoms with van der Waals surface area (Å²) in [4.78, 5) is 72.8. The number of carbonyl (C=O) groups excluding carboxylic acids is 5. The first kappa shape index (κ1) is 50.3. The van der Waals surface area contributed by atoms with Crippen LogP contribution in [0.2, 0.25) is 0 Å². The molecule has 20 nitrogen and oxygen atoms in total. The lowest BCUT2D eigenvalue weighted by atomic mass is 9.72. The first-order chi connectivity index (χ1) is 31.8. The molecule has 0 unspecified atom stereocenters. The topological polar surface area (TPSA) is 331 Å². The number of amides is 2. The lowest BCUT2D eigenvalue weighted by Crippen LogP contribution is -2.55. The molecule has 0 spiro atoms. The molecule has 2 heterocycles. The van der Waals surface area contributed by atoms with Gasteiger partial charge in [-0.25, -0.2) is 4.98 Å². The first-order valence-electron chi connectivity index (χ1n) is 21.5. The number of ether oxygens (including phenoxy) is 3. The molecular weight excluding hydrogens is 873 g/mol. The van der Waals surface area contributed by atoms with Crippen LogP contribution in [0.25, 0.3) is 0 Å². The maximum atomic E-state index is 13.6. The standard InChI is InChI=1S/C27H29NO11.C19H25BN4O4/c1-10-22(31)13(28)6-17(38-10)39-15-8-27(36,16(30)9-29)7-12-19(15)26(35)21-20(24(12)33)23(32)11-4-3-5-14(37-2)18(11)25(21)34;1-13(2)10-17(20(27)28)24-18(25)15(11-14-6-4-3-5-7-14)23-19(26)16-12-21-8-9-22-16/h3-5,10,13,15,17,22,29,31,33,35-36H,6-9,28H2,1-2H3;3-9,12-13,15,17,27-28H,10-11H2,1-2H3,(H,23,26)(H,24,25)/t10-,13-,15-,17-,22+,27-;15-,17-/m00/s1. The van der Waals surface area contributed by atoms with Gasteiger partial charge in [-0.05, 0) is 30.9 Å². The third-order valence-electron chi connectivity index (χ3n) is 11.9. The predicted octanol–water partition coefficient (Wildman–Crippen LogP) is 0.362. The second-order valence-electron chi connectivity index (χ2n) is 17.1. The van der Waals surface area contributed by atoms with Gasteiger partial charge < -0.3 is 66.2 Å². The van der Waals surface area contributed by atoms with Gasteiger partial charge in [0.1, 0.15) is 41.2 Å². The summed E-state index contributed by atoms with van der Waals surface area (Å²) in [6.07, 6.45) is -0.339. The summed E-state index contributed by atoms with van der Waals surface area (Å²) >= 11 is 0. The number of Topliss-reactive ketones (excluding diaryl/α,β-unsaturated/α-hetero) is 1. The van der Waals surface area contributed by atoms with E-state index in [-0.39, 0.29) is 52.5 Å². The number of nitrogens with one attached hydrogen (secondary N) is 2. The summed E-state index contributed by atoms with van der Waals surface area (Å²) in [6.45, 7) is 4.39. The molecule has 2 amide bonds. The van der Waals surface area contributed by atoms with Gasteiger partial charge in [-0.3, -0.25) is 29.0 Å². The van der Waals surface area contributed by atoms with Gasteiger partial charge in [0.25, 0.3) is 5.91 Å². The Bertz CT molecular complexity index is 2470. The molecule has 3 aromatic carbocycles. The number of aliphatic hydroxyl groups excluding tert-OH is 2. The van der Waals surface area contributed by atoms with Crippen molar-refractivity contribution in [3.8, 4) is 17.2 Å². The van der Waals surface area contributed by atoms with Crippen molar-refractivity contribution >= 4 is 36.3 Å². The van der Waals surface area contributed by atoms with Gasteiger partial charge in [0.2, 0.25) is 11.7 Å². The highest BCUT2D eigenvalue weighted by Gasteiger charge is 2.50. The summed E-state index contributed by atoms with van der Waals surface area (Å²) in [7, 11) is -0.373. The van der Waals surface area contributed by atoms with E-state index < -0.39 is 127 Å². The Kier molecular flexibility index (Phi) is 15.9. The highest BCUT2D eigenvalue weighted by Crippen LogP contribution is 2.52. The molecule has 0 saturated carbocycles. The van der Waals surface area contributed by atoms with Gasteiger partial charge in [0, 0.05) is 60.8 Å². The van der Waals surface area contributed by atoms with Crippen LogP contribution in [0.3, 0.4) is 0 Å². The smallest absolute Gasteiger partial charge is 0.475 e. The number of aromatic hydroxyl groups is 2. The van der Waals surface area contributed by atoms with Crippen molar-refractivity contribution in [1.29, 1.82) is 0 Å². The molecule has 21 heteroatoms. The van der Waals surface area contributed by atoms with Crippen molar-refractivity contribution in [2.75, 3.05) is 13.7 Å². The van der Waals surface area contributed by atoms with Crippen LogP contribution in [-0.2, 0) is 31.9 Å². The zero-order valence-electron chi connectivity index (χ0n) is 37.2. The zero-order valence-corrected chi connectivity index (χ0v) is 37.2. The van der Waals surface area contributed by atoms with E-state index >= 15 is 0 Å². The molecule has 1 fully saturated rings. The number of hydrogen-bond donors (Lipinski definition) is 10. The monoisotopic (exact) mass is 927 g/mol. The number of aliphatic hydroxyl groups is 3. The fourth-order valence-electron chi connectivity index (χ4n) is 8.50. The Morgan fingerprint density at radius 2 is 1.69 bits per heavy atom. The minimum Gasteiger partial charge on any atom is -0.507 e. The maximum absolute atomic E-state index is 13.6. The molecule has 7 rings (SSSR count). The molecule has 0 bridgehead atoms. The second-order valence-corrected chi connectivity index (χ2v) is 17.1. The number of carbonyl (C=O) groups is 5. The molecule has 1 saturated heterocycles. The van der Waals surface area contributed by atoms with E-state index in [1.807, 2.05) is 44.2 Å². The number of aromatic nitrogens is 2. The van der Waals surface area contributed by atoms with E-state index in [0.717, 1.165) is 5.56 Å². The number of nitrogens with zero attached hydrogens (tertiary/aromatic N) is 2. The highest BCUT2D eigenvalue weighted by atomic mass is 16.7. The van der Waals surface area contributed by atoms with Crippen molar-refractivity contribution in [1.82, 2.24) is 20.6 Å². The van der Waals surface area contributed by atoms with Gasteiger partial charge in [-0.15, -0.1) is 0 Å². The Labute approximate surface area is 385 Å². The van der Waals surface area contributed by atoms with Crippen molar-refractivity contribution in [3.05, 3.63) is 112 Å². The number of fused-ring (bicyclic) bond motifs is 3. The fourth-order valence-corrected chi connectivity index (χ4v) is 8.50. The van der Waals surface area contributed by atoms with Crippen LogP contribution >= 0.6 is 0 Å². The van der Waals surface area contributed by atoms with Gasteiger partial charge in [-0.1, -0.05) is 56.3 Å². The third-order valence-corrected chi connectivity index (χ3v) is 11.9. The number of nitrogens with two attached hydrogens (primary N) is 1. The minimum atomic E-state index is -2.24. The van der Waals surface area contributed by atoms with Gasteiger partial charge >= 0.3 is 7.12 Å². The lowest BCUT2D eigenvalue weighted by Gasteiger charge is -2.42. The molecule has 11 N–H and O–H groups in total. The number of phenols is 2. The number of benzene rings is 3. The Morgan fingerprint density at radius 1 is 0.985 bits per heavy atom. The molecule has 4 aromatic rings. The van der Waals surface area contributed by atoms with Crippen molar-refractivity contribution in [3.63, 3.8) is 0 Å². The van der Waals surface area contributed by atoms with Crippen LogP contribution in [0.4, 0.5) is 0 Å². The molecule has 67 heavy (non-hydrogen) atoms. The first-order valence-corrected chi connectivity index (χ1v) is 21.5. The molecule has 1 aromatic heterocycles. The van der Waals surface area contributed by atoms with Crippen LogP contribution in [-0.4, -0.2) is 138 Å². The molecule has 0 radical (unpaired) electrons. The van der Waals surface area contributed by atoms with Gasteiger partial charge in [0.05, 0.1) is 54.3 Å². The van der Waals surface area contributed by atoms with Crippen LogP contribution in [0.5, 0.6) is 17.2 Å². The van der Waals surface area contributed by atoms with Gasteiger partial charge in [0.15, 0.2) is 17.9 Å². The molecule has 356 valence electrons. The van der Waals surface area contributed by atoms with Crippen LogP contribution in [0.1, 0.15) is 105 Å². The Balaban J connectivity index is 0.000000234. The van der Waals surface area contributed by atoms with E-state index in [1.165, 1.54) is 43.9 Å². The number of ketones is 3. The van der Waals surface area contributed by atoms with Crippen LogP contribution in [0, 0.1) is 5.92 Å². The number of phenolic OH excluding ortho intramolecular Hbond substituents is 2. The summed E-state index contributed by atoms with van der Waals surface area (Å²) in [6, 6.07) is 12.0. The highest BCUT2D eigenvalue weighted by molar-refractivity contribution is 6.43. The summed E-state index contributed by atoms with van der Waals surface area (Å²) in [5.41, 5.74) is 3.32. The van der Waals surface area contributed by atoms with E-state index in [1.54, 1.807) is 6.92 Å². The summed E-state index contributed by atoms with van der Waals surface area (Å²) < 4.78 is 17.0. The Hall–Kier alpha value is -6.17. The van der Waals surface area contributed by atoms with Gasteiger partial charge in [-0.2, -0.15) is 0 Å². The maximum Gasteiger partial charge on any atom is 0.475 e. The van der Waals surface area contributed by atoms with Crippen molar-refractivity contribution in [2.45, 2.75) is 101 Å².